The van der Waals surface area contributed by atoms with Crippen LogP contribution in [0.2, 0.25) is 0 Å². The van der Waals surface area contributed by atoms with Crippen molar-refractivity contribution in [1.29, 1.82) is 0 Å². The zero-order valence-corrected chi connectivity index (χ0v) is 14.3. The van der Waals surface area contributed by atoms with Crippen LogP contribution in [0.15, 0.2) is 18.2 Å². The van der Waals surface area contributed by atoms with Gasteiger partial charge in [0.1, 0.15) is 17.1 Å². The Bertz CT molecular complexity index is 440. The number of carbonyl (C=O) groups is 1. The van der Waals surface area contributed by atoms with E-state index in [4.69, 9.17) is 9.47 Å². The minimum absolute atomic E-state index is 0. The van der Waals surface area contributed by atoms with Crippen molar-refractivity contribution in [2.75, 3.05) is 13.2 Å². The maximum Gasteiger partial charge on any atom is 1.00 e. The first-order valence-corrected chi connectivity index (χ1v) is 8.53. The molecule has 0 spiro atoms. The number of rotatable bonds is 7. The van der Waals surface area contributed by atoms with Gasteiger partial charge in [0, 0.05) is 0 Å². The molecule has 0 radical (unpaired) electrons. The van der Waals surface area contributed by atoms with Crippen LogP contribution in [0.3, 0.4) is 0 Å². The van der Waals surface area contributed by atoms with Gasteiger partial charge in [-0.3, -0.25) is 4.79 Å². The number of ether oxygens (including phenoxy) is 2. The molecule has 112 valence electrons. The van der Waals surface area contributed by atoms with Crippen LogP contribution in [0.5, 0.6) is 11.5 Å². The standard InChI is InChI=1S/C16H23O3P.Li.H/c1-3-18-13-10-7-11-14(19-4-2)15(13)16(17)20-12-8-5-6-9-12;;/h7,10-12,20H,3-6,8-9H2,1-2H3;;/q;+1;-1. The van der Waals surface area contributed by atoms with Crippen molar-refractivity contribution < 1.29 is 34.6 Å². The maximum atomic E-state index is 12.6. The van der Waals surface area contributed by atoms with E-state index in [0.717, 1.165) is 0 Å². The molecule has 0 amide bonds. The van der Waals surface area contributed by atoms with Gasteiger partial charge in [0.05, 0.1) is 13.2 Å². The van der Waals surface area contributed by atoms with Crippen LogP contribution in [-0.2, 0) is 0 Å². The largest absolute Gasteiger partial charge is 1.00 e. The van der Waals surface area contributed by atoms with Gasteiger partial charge < -0.3 is 10.9 Å². The van der Waals surface area contributed by atoms with E-state index in [1.54, 1.807) is 0 Å². The van der Waals surface area contributed by atoms with Gasteiger partial charge in [-0.1, -0.05) is 18.9 Å². The Kier molecular flexibility index (Phi) is 8.41. The molecule has 1 aliphatic rings. The Hall–Kier alpha value is -0.483. The second-order valence-electron chi connectivity index (χ2n) is 4.95. The molecule has 0 heterocycles. The van der Waals surface area contributed by atoms with Gasteiger partial charge in [-0.2, -0.15) is 0 Å². The Morgan fingerprint density at radius 1 is 1.19 bits per heavy atom. The van der Waals surface area contributed by atoms with E-state index in [9.17, 15) is 4.79 Å². The molecular formula is C16H24LiO3P. The Balaban J connectivity index is 0.00000220. The van der Waals surface area contributed by atoms with Crippen molar-refractivity contribution >= 4 is 14.1 Å². The average Bonchev–Trinajstić information content (AvgIpc) is 2.92. The molecule has 1 saturated carbocycles. The van der Waals surface area contributed by atoms with Crippen molar-refractivity contribution in [2.45, 2.75) is 45.2 Å². The SMILES string of the molecule is CCOc1cccc(OCC)c1C(=O)PC1CCCC1.[H-].[Li+]. The third-order valence-electron chi connectivity index (χ3n) is 3.51. The quantitative estimate of drug-likeness (QED) is 0.563. The first-order valence-electron chi connectivity index (χ1n) is 7.45. The fourth-order valence-electron chi connectivity index (χ4n) is 2.61. The summed E-state index contributed by atoms with van der Waals surface area (Å²) in [5.74, 6) is 1.32. The summed E-state index contributed by atoms with van der Waals surface area (Å²) >= 11 is 0. The Morgan fingerprint density at radius 3 is 2.19 bits per heavy atom. The fourth-order valence-corrected chi connectivity index (χ4v) is 4.07. The first-order chi connectivity index (χ1) is 9.76. The van der Waals surface area contributed by atoms with Gasteiger partial charge in [-0.15, -0.1) is 0 Å². The van der Waals surface area contributed by atoms with Crippen molar-refractivity contribution in [3.63, 3.8) is 0 Å². The molecule has 21 heavy (non-hydrogen) atoms. The van der Waals surface area contributed by atoms with E-state index < -0.39 is 0 Å². The van der Waals surface area contributed by atoms with Crippen molar-refractivity contribution in [3.05, 3.63) is 23.8 Å². The van der Waals surface area contributed by atoms with Crippen LogP contribution in [-0.4, -0.2) is 24.4 Å². The zero-order chi connectivity index (χ0) is 14.4. The Morgan fingerprint density at radius 2 is 1.71 bits per heavy atom. The molecule has 0 bridgehead atoms. The molecule has 2 rings (SSSR count). The Labute approximate surface area is 142 Å². The molecule has 0 saturated heterocycles. The number of hydrogen-bond acceptors (Lipinski definition) is 3. The molecule has 1 fully saturated rings. The van der Waals surface area contributed by atoms with Crippen LogP contribution in [0, 0.1) is 0 Å². The van der Waals surface area contributed by atoms with Crippen molar-refractivity contribution in [2.24, 2.45) is 0 Å². The summed E-state index contributed by atoms with van der Waals surface area (Å²) in [5.41, 5.74) is 1.39. The van der Waals surface area contributed by atoms with Crippen LogP contribution in [0.25, 0.3) is 0 Å². The van der Waals surface area contributed by atoms with Crippen LogP contribution < -0.4 is 28.3 Å². The second-order valence-corrected chi connectivity index (χ2v) is 6.51. The number of hydrogen-bond donors (Lipinski definition) is 0. The summed E-state index contributed by atoms with van der Waals surface area (Å²) < 4.78 is 11.2. The summed E-state index contributed by atoms with van der Waals surface area (Å²) in [6.07, 6.45) is 4.89. The van der Waals surface area contributed by atoms with E-state index in [1.165, 1.54) is 25.7 Å². The van der Waals surface area contributed by atoms with Gasteiger partial charge in [0.15, 0.2) is 5.52 Å². The molecule has 0 N–H and O–H groups in total. The third-order valence-corrected chi connectivity index (χ3v) is 5.00. The molecule has 1 aliphatic carbocycles. The summed E-state index contributed by atoms with van der Waals surface area (Å²) in [6, 6.07) is 5.60. The molecule has 0 aromatic heterocycles. The normalized spacial score (nSPS) is 15.1. The first kappa shape index (κ1) is 18.6. The number of carbonyl (C=O) groups excluding carboxylic acids is 1. The summed E-state index contributed by atoms with van der Waals surface area (Å²) in [5, 5.41) is 0. The average molecular weight is 302 g/mol. The van der Waals surface area contributed by atoms with Crippen molar-refractivity contribution in [3.8, 4) is 11.5 Å². The molecule has 5 heteroatoms. The molecule has 0 aliphatic heterocycles. The number of benzene rings is 1. The smallest absolute Gasteiger partial charge is 1.00 e. The van der Waals surface area contributed by atoms with Gasteiger partial charge in [-0.25, -0.2) is 0 Å². The van der Waals surface area contributed by atoms with E-state index in [1.807, 2.05) is 32.0 Å². The minimum atomic E-state index is 0. The van der Waals surface area contributed by atoms with E-state index >= 15 is 0 Å². The topological polar surface area (TPSA) is 35.5 Å². The van der Waals surface area contributed by atoms with Crippen LogP contribution in [0.4, 0.5) is 0 Å². The monoisotopic (exact) mass is 302 g/mol. The van der Waals surface area contributed by atoms with E-state index in [2.05, 4.69) is 0 Å². The molecule has 1 aromatic rings. The second kappa shape index (κ2) is 9.52. The van der Waals surface area contributed by atoms with Gasteiger partial charge >= 0.3 is 18.9 Å². The predicted octanol–water partition coefficient (Wildman–Crippen LogP) is 1.36. The maximum absolute atomic E-state index is 12.6. The molecule has 1 unspecified atom stereocenters. The summed E-state index contributed by atoms with van der Waals surface area (Å²) in [7, 11) is 0.340. The summed E-state index contributed by atoms with van der Waals surface area (Å²) in [6.45, 7) is 4.98. The zero-order valence-electron chi connectivity index (χ0n) is 14.3. The minimum Gasteiger partial charge on any atom is -1.00 e. The third kappa shape index (κ3) is 5.03. The summed E-state index contributed by atoms with van der Waals surface area (Å²) in [4.78, 5) is 12.6. The van der Waals surface area contributed by atoms with Crippen LogP contribution in [0.1, 0.15) is 51.3 Å². The molecule has 1 aromatic carbocycles. The van der Waals surface area contributed by atoms with Gasteiger partial charge in [-0.05, 0) is 53.1 Å². The predicted molar refractivity (Wildman–Crippen MR) is 84.8 cm³/mol. The van der Waals surface area contributed by atoms with Crippen LogP contribution >= 0.6 is 8.58 Å². The van der Waals surface area contributed by atoms with Gasteiger partial charge in [0.2, 0.25) is 0 Å². The molecule has 3 nitrogen and oxygen atoms in total. The van der Waals surface area contributed by atoms with E-state index in [0.29, 0.717) is 44.5 Å². The molecular weight excluding hydrogens is 278 g/mol. The fraction of sp³-hybridized carbons (Fsp3) is 0.562. The molecule has 1 atom stereocenters. The van der Waals surface area contributed by atoms with Gasteiger partial charge in [0.25, 0.3) is 0 Å². The van der Waals surface area contributed by atoms with Crippen molar-refractivity contribution in [1.82, 2.24) is 0 Å². The van der Waals surface area contributed by atoms with E-state index in [-0.39, 0.29) is 25.8 Å².